The first-order chi connectivity index (χ1) is 7.43. The molecule has 0 aromatic carbocycles. The lowest BCUT2D eigenvalue weighted by Crippen LogP contribution is -2.35. The van der Waals surface area contributed by atoms with Gasteiger partial charge in [0, 0.05) is 14.1 Å². The SMILES string of the molecule is CCCC(CC)C(OC(=O)N(C)C)C(C)C. The zero-order chi connectivity index (χ0) is 12.7. The molecule has 0 heterocycles. The average Bonchev–Trinajstić information content (AvgIpc) is 2.22. The molecule has 0 aliphatic heterocycles. The summed E-state index contributed by atoms with van der Waals surface area (Å²) in [5.41, 5.74) is 0. The maximum Gasteiger partial charge on any atom is 0.409 e. The van der Waals surface area contributed by atoms with Gasteiger partial charge >= 0.3 is 6.09 Å². The molecule has 16 heavy (non-hydrogen) atoms. The number of carbonyl (C=O) groups is 1. The maximum atomic E-state index is 11.6. The van der Waals surface area contributed by atoms with Crippen LogP contribution in [0.25, 0.3) is 0 Å². The minimum absolute atomic E-state index is 0.0415. The Balaban J connectivity index is 4.52. The van der Waals surface area contributed by atoms with Crippen molar-refractivity contribution in [2.24, 2.45) is 11.8 Å². The van der Waals surface area contributed by atoms with E-state index in [9.17, 15) is 4.79 Å². The molecule has 2 atom stereocenters. The summed E-state index contributed by atoms with van der Waals surface area (Å²) in [5.74, 6) is 0.856. The predicted octanol–water partition coefficient (Wildman–Crippen LogP) is 3.54. The maximum absolute atomic E-state index is 11.6. The van der Waals surface area contributed by atoms with E-state index in [0.717, 1.165) is 19.3 Å². The summed E-state index contributed by atoms with van der Waals surface area (Å²) in [7, 11) is 3.45. The van der Waals surface area contributed by atoms with E-state index in [0.29, 0.717) is 11.8 Å². The Hall–Kier alpha value is -0.730. The molecule has 0 aromatic rings. The van der Waals surface area contributed by atoms with Crippen molar-refractivity contribution in [3.63, 3.8) is 0 Å². The summed E-state index contributed by atoms with van der Waals surface area (Å²) >= 11 is 0. The quantitative estimate of drug-likeness (QED) is 0.697. The molecule has 0 saturated heterocycles. The standard InChI is InChI=1S/C13H27NO2/c1-7-9-11(8-2)12(10(3)4)16-13(15)14(5)6/h10-12H,7-9H2,1-6H3. The van der Waals surface area contributed by atoms with Gasteiger partial charge in [0.05, 0.1) is 0 Å². The van der Waals surface area contributed by atoms with Crippen LogP contribution in [0.2, 0.25) is 0 Å². The first-order valence-corrected chi connectivity index (χ1v) is 6.31. The van der Waals surface area contributed by atoms with Gasteiger partial charge in [-0.05, 0) is 24.7 Å². The van der Waals surface area contributed by atoms with E-state index in [1.807, 2.05) is 0 Å². The van der Waals surface area contributed by atoms with Crippen LogP contribution in [-0.2, 0) is 4.74 Å². The molecule has 0 bridgehead atoms. The summed E-state index contributed by atoms with van der Waals surface area (Å²) in [6.45, 7) is 8.57. The first kappa shape index (κ1) is 15.3. The third-order valence-corrected chi connectivity index (χ3v) is 2.91. The minimum atomic E-state index is -0.228. The third kappa shape index (κ3) is 4.86. The number of nitrogens with zero attached hydrogens (tertiary/aromatic N) is 1. The number of ether oxygens (including phenoxy) is 1. The highest BCUT2D eigenvalue weighted by Gasteiger charge is 2.26. The summed E-state index contributed by atoms with van der Waals surface area (Å²) in [6, 6.07) is 0. The summed E-state index contributed by atoms with van der Waals surface area (Å²) in [5, 5.41) is 0. The van der Waals surface area contributed by atoms with Crippen LogP contribution in [0.3, 0.4) is 0 Å². The van der Waals surface area contributed by atoms with Crippen molar-refractivity contribution in [3.05, 3.63) is 0 Å². The lowest BCUT2D eigenvalue weighted by molar-refractivity contribution is 0.0134. The zero-order valence-electron chi connectivity index (χ0n) is 11.6. The van der Waals surface area contributed by atoms with Crippen LogP contribution in [0.4, 0.5) is 4.79 Å². The van der Waals surface area contributed by atoms with Crippen LogP contribution in [0, 0.1) is 11.8 Å². The molecule has 0 fully saturated rings. The molecule has 1 amide bonds. The smallest absolute Gasteiger partial charge is 0.409 e. The Morgan fingerprint density at radius 3 is 2.12 bits per heavy atom. The van der Waals surface area contributed by atoms with E-state index in [2.05, 4.69) is 27.7 Å². The van der Waals surface area contributed by atoms with Crippen LogP contribution in [0.1, 0.15) is 47.0 Å². The van der Waals surface area contributed by atoms with Crippen LogP contribution < -0.4 is 0 Å². The monoisotopic (exact) mass is 229 g/mol. The second kappa shape index (κ2) is 7.53. The number of hydrogen-bond donors (Lipinski definition) is 0. The Morgan fingerprint density at radius 2 is 1.81 bits per heavy atom. The topological polar surface area (TPSA) is 29.5 Å². The molecule has 0 aliphatic carbocycles. The van der Waals surface area contributed by atoms with E-state index < -0.39 is 0 Å². The minimum Gasteiger partial charge on any atom is -0.446 e. The van der Waals surface area contributed by atoms with Gasteiger partial charge in [-0.3, -0.25) is 0 Å². The fourth-order valence-electron chi connectivity index (χ4n) is 1.97. The Morgan fingerprint density at radius 1 is 1.25 bits per heavy atom. The van der Waals surface area contributed by atoms with E-state index >= 15 is 0 Å². The molecule has 0 rings (SSSR count). The lowest BCUT2D eigenvalue weighted by Gasteiger charge is -2.30. The molecule has 0 aromatic heterocycles. The number of amides is 1. The van der Waals surface area contributed by atoms with Gasteiger partial charge in [0.2, 0.25) is 0 Å². The second-order valence-corrected chi connectivity index (χ2v) is 4.94. The van der Waals surface area contributed by atoms with Crippen molar-refractivity contribution in [2.75, 3.05) is 14.1 Å². The largest absolute Gasteiger partial charge is 0.446 e. The van der Waals surface area contributed by atoms with Gasteiger partial charge in [-0.2, -0.15) is 0 Å². The number of rotatable bonds is 6. The predicted molar refractivity (Wildman–Crippen MR) is 67.5 cm³/mol. The van der Waals surface area contributed by atoms with Gasteiger partial charge in [0.15, 0.2) is 0 Å². The Labute approximate surface area is 100 Å². The van der Waals surface area contributed by atoms with Gasteiger partial charge in [-0.1, -0.05) is 34.1 Å². The molecular formula is C13H27NO2. The molecule has 0 radical (unpaired) electrons. The molecule has 3 heteroatoms. The highest BCUT2D eigenvalue weighted by Crippen LogP contribution is 2.24. The molecule has 0 aliphatic rings. The van der Waals surface area contributed by atoms with Crippen LogP contribution in [0.15, 0.2) is 0 Å². The molecular weight excluding hydrogens is 202 g/mol. The molecule has 0 saturated carbocycles. The second-order valence-electron chi connectivity index (χ2n) is 4.94. The van der Waals surface area contributed by atoms with Crippen LogP contribution >= 0.6 is 0 Å². The van der Waals surface area contributed by atoms with E-state index in [4.69, 9.17) is 4.74 Å². The molecule has 2 unspecified atom stereocenters. The van der Waals surface area contributed by atoms with Crippen molar-refractivity contribution in [2.45, 2.75) is 53.1 Å². The van der Waals surface area contributed by atoms with Crippen molar-refractivity contribution >= 4 is 6.09 Å². The van der Waals surface area contributed by atoms with Gasteiger partial charge in [-0.15, -0.1) is 0 Å². The van der Waals surface area contributed by atoms with Gasteiger partial charge in [0.1, 0.15) is 6.10 Å². The van der Waals surface area contributed by atoms with Crippen molar-refractivity contribution in [1.82, 2.24) is 4.90 Å². The molecule has 0 spiro atoms. The van der Waals surface area contributed by atoms with Crippen LogP contribution in [0.5, 0.6) is 0 Å². The molecule has 96 valence electrons. The highest BCUT2D eigenvalue weighted by molar-refractivity contribution is 5.67. The molecule has 3 nitrogen and oxygen atoms in total. The fourth-order valence-corrected chi connectivity index (χ4v) is 1.97. The van der Waals surface area contributed by atoms with E-state index in [-0.39, 0.29) is 12.2 Å². The van der Waals surface area contributed by atoms with Crippen molar-refractivity contribution in [1.29, 1.82) is 0 Å². The third-order valence-electron chi connectivity index (χ3n) is 2.91. The first-order valence-electron chi connectivity index (χ1n) is 6.31. The van der Waals surface area contributed by atoms with E-state index in [1.165, 1.54) is 4.90 Å². The number of hydrogen-bond acceptors (Lipinski definition) is 2. The lowest BCUT2D eigenvalue weighted by atomic mass is 9.87. The summed E-state index contributed by atoms with van der Waals surface area (Å²) in [6.07, 6.45) is 3.15. The van der Waals surface area contributed by atoms with Crippen molar-refractivity contribution in [3.8, 4) is 0 Å². The normalized spacial score (nSPS) is 14.7. The summed E-state index contributed by atoms with van der Waals surface area (Å²) in [4.78, 5) is 13.1. The Bertz CT molecular complexity index is 202. The number of carbonyl (C=O) groups excluding carboxylic acids is 1. The van der Waals surface area contributed by atoms with Gasteiger partial charge < -0.3 is 9.64 Å². The average molecular weight is 229 g/mol. The summed E-state index contributed by atoms with van der Waals surface area (Å²) < 4.78 is 5.57. The van der Waals surface area contributed by atoms with Crippen LogP contribution in [-0.4, -0.2) is 31.2 Å². The highest BCUT2D eigenvalue weighted by atomic mass is 16.6. The Kier molecular flexibility index (Phi) is 7.18. The van der Waals surface area contributed by atoms with E-state index in [1.54, 1.807) is 14.1 Å². The zero-order valence-corrected chi connectivity index (χ0v) is 11.6. The van der Waals surface area contributed by atoms with Gasteiger partial charge in [0.25, 0.3) is 0 Å². The van der Waals surface area contributed by atoms with Gasteiger partial charge in [-0.25, -0.2) is 4.79 Å². The fraction of sp³-hybridized carbons (Fsp3) is 0.923. The van der Waals surface area contributed by atoms with Crippen molar-refractivity contribution < 1.29 is 9.53 Å². The molecule has 0 N–H and O–H groups in total.